The third-order valence-corrected chi connectivity index (χ3v) is 5.87. The Hall–Kier alpha value is -5.04. The summed E-state index contributed by atoms with van der Waals surface area (Å²) in [6, 6.07) is 23.5. The zero-order chi connectivity index (χ0) is 25.6. The molecule has 0 fully saturated rings. The fourth-order valence-electron chi connectivity index (χ4n) is 4.20. The van der Waals surface area contributed by atoms with E-state index in [1.807, 2.05) is 54.6 Å². The predicted molar refractivity (Wildman–Crippen MR) is 143 cm³/mol. The second kappa shape index (κ2) is 10.7. The van der Waals surface area contributed by atoms with E-state index in [1.165, 1.54) is 0 Å². The molecule has 1 N–H and O–H groups in total. The van der Waals surface area contributed by atoms with E-state index < -0.39 is 5.97 Å². The highest BCUT2D eigenvalue weighted by Gasteiger charge is 2.19. The van der Waals surface area contributed by atoms with Crippen molar-refractivity contribution in [1.29, 1.82) is 0 Å². The first-order valence-electron chi connectivity index (χ1n) is 11.8. The topological polar surface area (TPSA) is 90.0 Å². The van der Waals surface area contributed by atoms with Gasteiger partial charge in [-0.1, -0.05) is 49.9 Å². The molecule has 37 heavy (non-hydrogen) atoms. The van der Waals surface area contributed by atoms with Crippen molar-refractivity contribution in [2.45, 2.75) is 13.3 Å². The standard InChI is InChI=1S/C30H24N4O3/c1-3-24(20-10-13-23(14-11-20)36-30-31-16-7-17-32-30)29(21-12-15-26-22(18-21)19-33-34-26)25-8-5-6-9-27(25)37-28(35)4-2/h4-19H,2-3H2,1H3,(H,33,34)/b29-24+. The highest BCUT2D eigenvalue weighted by molar-refractivity contribution is 6.02. The van der Waals surface area contributed by atoms with Crippen LogP contribution in [0.5, 0.6) is 17.5 Å². The van der Waals surface area contributed by atoms with Crippen LogP contribution in [0.1, 0.15) is 30.0 Å². The van der Waals surface area contributed by atoms with E-state index in [9.17, 15) is 4.79 Å². The van der Waals surface area contributed by atoms with Gasteiger partial charge < -0.3 is 9.47 Å². The summed E-state index contributed by atoms with van der Waals surface area (Å²) in [5.74, 6) is 0.577. The number of nitrogens with zero attached hydrogens (tertiary/aromatic N) is 3. The fraction of sp³-hybridized carbons (Fsp3) is 0.0667. The van der Waals surface area contributed by atoms with Gasteiger partial charge in [-0.3, -0.25) is 5.10 Å². The zero-order valence-electron chi connectivity index (χ0n) is 20.2. The number of carbonyl (C=O) groups excluding carboxylic acids is 1. The SMILES string of the molecule is C=CC(=O)Oc1ccccc1/C(=C(\CC)c1ccc(Oc2ncccn2)cc1)c1ccc2[nH]ncc2c1. The average Bonchev–Trinajstić information content (AvgIpc) is 3.41. The molecule has 0 radical (unpaired) electrons. The molecule has 0 aliphatic rings. The Kier molecular flexibility index (Phi) is 6.85. The number of rotatable bonds is 8. The largest absolute Gasteiger partial charge is 0.424 e. The van der Waals surface area contributed by atoms with Crippen LogP contribution in [-0.2, 0) is 4.79 Å². The molecule has 7 nitrogen and oxygen atoms in total. The van der Waals surface area contributed by atoms with Crippen molar-refractivity contribution in [3.8, 4) is 17.5 Å². The average molecular weight is 489 g/mol. The minimum atomic E-state index is -0.514. The monoisotopic (exact) mass is 488 g/mol. The molecule has 2 heterocycles. The summed E-state index contributed by atoms with van der Waals surface area (Å²) in [7, 11) is 0. The van der Waals surface area contributed by atoms with Crippen LogP contribution < -0.4 is 9.47 Å². The predicted octanol–water partition coefficient (Wildman–Crippen LogP) is 6.61. The van der Waals surface area contributed by atoms with Crippen molar-refractivity contribution in [2.24, 2.45) is 0 Å². The lowest BCUT2D eigenvalue weighted by molar-refractivity contribution is -0.128. The maximum atomic E-state index is 12.1. The van der Waals surface area contributed by atoms with Crippen molar-refractivity contribution >= 4 is 28.0 Å². The van der Waals surface area contributed by atoms with Gasteiger partial charge in [-0.05, 0) is 65.1 Å². The molecule has 7 heteroatoms. The lowest BCUT2D eigenvalue weighted by Gasteiger charge is -2.19. The number of nitrogens with one attached hydrogen (secondary N) is 1. The number of carbonyl (C=O) groups is 1. The lowest BCUT2D eigenvalue weighted by Crippen LogP contribution is -2.06. The third kappa shape index (κ3) is 5.16. The van der Waals surface area contributed by atoms with Crippen molar-refractivity contribution in [3.05, 3.63) is 121 Å². The van der Waals surface area contributed by atoms with Gasteiger partial charge in [0.2, 0.25) is 0 Å². The van der Waals surface area contributed by atoms with Crippen LogP contribution in [0.25, 0.3) is 22.0 Å². The number of ether oxygens (including phenoxy) is 2. The smallest absolute Gasteiger partial charge is 0.335 e. The van der Waals surface area contributed by atoms with Crippen LogP contribution in [0.3, 0.4) is 0 Å². The highest BCUT2D eigenvalue weighted by Crippen LogP contribution is 2.39. The number of aromatic amines is 1. The number of benzene rings is 3. The maximum Gasteiger partial charge on any atom is 0.335 e. The van der Waals surface area contributed by atoms with Gasteiger partial charge in [0.05, 0.1) is 11.7 Å². The zero-order valence-corrected chi connectivity index (χ0v) is 20.2. The summed E-state index contributed by atoms with van der Waals surface area (Å²) in [5.41, 5.74) is 5.76. The molecule has 5 rings (SSSR count). The minimum absolute atomic E-state index is 0.286. The van der Waals surface area contributed by atoms with Gasteiger partial charge >= 0.3 is 12.0 Å². The molecule has 0 aliphatic heterocycles. The molecule has 182 valence electrons. The van der Waals surface area contributed by atoms with E-state index >= 15 is 0 Å². The van der Waals surface area contributed by atoms with Crippen LogP contribution in [0.2, 0.25) is 0 Å². The van der Waals surface area contributed by atoms with Crippen LogP contribution in [0.15, 0.2) is 104 Å². The summed E-state index contributed by atoms with van der Waals surface area (Å²) >= 11 is 0. The van der Waals surface area contributed by atoms with Crippen molar-refractivity contribution in [1.82, 2.24) is 20.2 Å². The van der Waals surface area contributed by atoms with Gasteiger partial charge in [0.25, 0.3) is 0 Å². The minimum Gasteiger partial charge on any atom is -0.424 e. The fourth-order valence-corrected chi connectivity index (χ4v) is 4.20. The number of para-hydroxylation sites is 1. The van der Waals surface area contributed by atoms with E-state index in [4.69, 9.17) is 9.47 Å². The van der Waals surface area contributed by atoms with E-state index in [2.05, 4.69) is 39.7 Å². The summed E-state index contributed by atoms with van der Waals surface area (Å²) < 4.78 is 11.4. The number of fused-ring (bicyclic) bond motifs is 1. The van der Waals surface area contributed by atoms with Crippen molar-refractivity contribution in [3.63, 3.8) is 0 Å². The third-order valence-electron chi connectivity index (χ3n) is 5.87. The van der Waals surface area contributed by atoms with E-state index in [0.717, 1.165) is 51.2 Å². The number of H-pyrrole nitrogens is 1. The second-order valence-electron chi connectivity index (χ2n) is 8.16. The molecule has 0 saturated carbocycles. The Bertz CT molecular complexity index is 1590. The van der Waals surface area contributed by atoms with Crippen molar-refractivity contribution in [2.75, 3.05) is 0 Å². The van der Waals surface area contributed by atoms with Gasteiger partial charge in [0.15, 0.2) is 0 Å². The van der Waals surface area contributed by atoms with E-state index in [-0.39, 0.29) is 6.01 Å². The second-order valence-corrected chi connectivity index (χ2v) is 8.16. The van der Waals surface area contributed by atoms with Crippen LogP contribution in [0.4, 0.5) is 0 Å². The molecule has 0 saturated heterocycles. The van der Waals surface area contributed by atoms with E-state index in [0.29, 0.717) is 11.5 Å². The highest BCUT2D eigenvalue weighted by atomic mass is 16.5. The molecule has 0 amide bonds. The Labute approximate surface area is 214 Å². The first-order chi connectivity index (χ1) is 18.2. The van der Waals surface area contributed by atoms with Gasteiger partial charge in [-0.2, -0.15) is 5.10 Å². The molecular formula is C30H24N4O3. The number of allylic oxidation sites excluding steroid dienone is 1. The normalized spacial score (nSPS) is 11.6. The van der Waals surface area contributed by atoms with Crippen molar-refractivity contribution < 1.29 is 14.3 Å². The molecule has 0 spiro atoms. The number of esters is 1. The van der Waals surface area contributed by atoms with Gasteiger partial charge in [0, 0.05) is 29.4 Å². The van der Waals surface area contributed by atoms with Gasteiger partial charge in [-0.25, -0.2) is 14.8 Å². The Morgan fingerprint density at radius 2 is 1.73 bits per heavy atom. The molecular weight excluding hydrogens is 464 g/mol. The summed E-state index contributed by atoms with van der Waals surface area (Å²) in [5, 5.41) is 8.15. The number of hydrogen-bond donors (Lipinski definition) is 1. The summed E-state index contributed by atoms with van der Waals surface area (Å²) in [6.07, 6.45) is 6.95. The quantitative estimate of drug-likeness (QED) is 0.114. The molecule has 0 bridgehead atoms. The summed E-state index contributed by atoms with van der Waals surface area (Å²) in [6.45, 7) is 5.64. The first kappa shape index (κ1) is 23.7. The van der Waals surface area contributed by atoms with Crippen LogP contribution in [0, 0.1) is 0 Å². The van der Waals surface area contributed by atoms with Gasteiger partial charge in [0.1, 0.15) is 11.5 Å². The van der Waals surface area contributed by atoms with Gasteiger partial charge in [-0.15, -0.1) is 0 Å². The maximum absolute atomic E-state index is 12.1. The van der Waals surface area contributed by atoms with Crippen LogP contribution in [-0.4, -0.2) is 26.1 Å². The Morgan fingerprint density at radius 3 is 2.49 bits per heavy atom. The number of aromatic nitrogens is 4. The molecule has 0 aliphatic carbocycles. The molecule has 5 aromatic rings. The van der Waals surface area contributed by atoms with E-state index in [1.54, 1.807) is 30.7 Å². The molecule has 3 aromatic carbocycles. The van der Waals surface area contributed by atoms with Crippen LogP contribution >= 0.6 is 0 Å². The molecule has 2 aromatic heterocycles. The lowest BCUT2D eigenvalue weighted by atomic mass is 9.87. The first-order valence-corrected chi connectivity index (χ1v) is 11.8. The molecule has 0 atom stereocenters. The Balaban J connectivity index is 1.65. The Morgan fingerprint density at radius 1 is 0.973 bits per heavy atom. The summed E-state index contributed by atoms with van der Waals surface area (Å²) in [4.78, 5) is 20.4. The number of hydrogen-bond acceptors (Lipinski definition) is 6. The molecule has 0 unspecified atom stereocenters.